The highest BCUT2D eigenvalue weighted by Crippen LogP contribution is 2.44. The molecule has 2 saturated heterocycles. The van der Waals surface area contributed by atoms with Gasteiger partial charge in [0.25, 0.3) is 0 Å². The lowest BCUT2D eigenvalue weighted by Gasteiger charge is -2.42. The highest BCUT2D eigenvalue weighted by atomic mass is 16.7. The van der Waals surface area contributed by atoms with Crippen LogP contribution in [0.4, 0.5) is 0 Å². The van der Waals surface area contributed by atoms with Crippen molar-refractivity contribution in [1.82, 2.24) is 4.90 Å². The van der Waals surface area contributed by atoms with Gasteiger partial charge < -0.3 is 14.4 Å². The monoisotopic (exact) mass is 393 g/mol. The molecule has 0 unspecified atom stereocenters. The molecule has 3 rings (SSSR count). The van der Waals surface area contributed by atoms with Gasteiger partial charge in [-0.3, -0.25) is 0 Å². The van der Waals surface area contributed by atoms with Gasteiger partial charge in [-0.05, 0) is 44.2 Å². The summed E-state index contributed by atoms with van der Waals surface area (Å²) in [5, 5.41) is 0. The molecule has 3 heteroatoms. The summed E-state index contributed by atoms with van der Waals surface area (Å²) in [7, 11) is 0. The number of likely N-dealkylation sites (tertiary alicyclic amines) is 1. The third-order valence-electron chi connectivity index (χ3n) is 6.09. The largest absolute Gasteiger partial charge is 0.375 e. The molecule has 2 aliphatic rings. The number of allylic oxidation sites excluding steroid dienone is 6. The first-order valence-corrected chi connectivity index (χ1v) is 10.8. The van der Waals surface area contributed by atoms with Crippen LogP contribution in [0.3, 0.4) is 0 Å². The van der Waals surface area contributed by atoms with E-state index in [1.807, 2.05) is 13.0 Å². The number of nitrogens with zero attached hydrogens (tertiary/aromatic N) is 1. The maximum atomic E-state index is 6.28. The molecule has 29 heavy (non-hydrogen) atoms. The van der Waals surface area contributed by atoms with Crippen LogP contribution in [0.15, 0.2) is 66.9 Å². The Kier molecular flexibility index (Phi) is 7.15. The summed E-state index contributed by atoms with van der Waals surface area (Å²) in [6.45, 7) is 18.1. The van der Waals surface area contributed by atoms with Crippen molar-refractivity contribution in [3.05, 3.63) is 78.0 Å². The summed E-state index contributed by atoms with van der Waals surface area (Å²) >= 11 is 0. The Hall–Kier alpha value is -2.10. The van der Waals surface area contributed by atoms with Crippen molar-refractivity contribution in [3.63, 3.8) is 0 Å². The first kappa shape index (κ1) is 21.6. The maximum Gasteiger partial charge on any atom is 0.197 e. The molecular weight excluding hydrogens is 358 g/mol. The van der Waals surface area contributed by atoms with Gasteiger partial charge in [-0.2, -0.15) is 0 Å². The number of hydrogen-bond acceptors (Lipinski definition) is 3. The molecule has 0 spiro atoms. The summed E-state index contributed by atoms with van der Waals surface area (Å²) in [6.07, 6.45) is 9.37. The Morgan fingerprint density at radius 3 is 2.31 bits per heavy atom. The van der Waals surface area contributed by atoms with E-state index in [0.717, 1.165) is 49.1 Å². The van der Waals surface area contributed by atoms with E-state index in [-0.39, 0.29) is 0 Å². The fourth-order valence-corrected chi connectivity index (χ4v) is 4.45. The van der Waals surface area contributed by atoms with Crippen LogP contribution in [-0.2, 0) is 15.3 Å². The third kappa shape index (κ3) is 4.73. The van der Waals surface area contributed by atoms with Crippen molar-refractivity contribution in [2.45, 2.75) is 45.8 Å². The van der Waals surface area contributed by atoms with Crippen LogP contribution >= 0.6 is 0 Å². The molecule has 0 aliphatic carbocycles. The molecule has 2 heterocycles. The second-order valence-corrected chi connectivity index (χ2v) is 8.04. The molecule has 3 nitrogen and oxygen atoms in total. The number of benzene rings is 1. The van der Waals surface area contributed by atoms with E-state index in [4.69, 9.17) is 9.47 Å². The Bertz CT molecular complexity index is 773. The topological polar surface area (TPSA) is 21.7 Å². The molecule has 0 amide bonds. The fourth-order valence-electron chi connectivity index (χ4n) is 4.45. The summed E-state index contributed by atoms with van der Waals surface area (Å²) in [4.78, 5) is 2.41. The lowest BCUT2D eigenvalue weighted by atomic mass is 9.83. The molecule has 0 N–H and O–H groups in total. The summed E-state index contributed by atoms with van der Waals surface area (Å²) < 4.78 is 12.6. The van der Waals surface area contributed by atoms with Gasteiger partial charge in [0.1, 0.15) is 0 Å². The first-order valence-electron chi connectivity index (χ1n) is 10.8. The van der Waals surface area contributed by atoms with Crippen LogP contribution in [0, 0.1) is 5.92 Å². The molecule has 0 radical (unpaired) electrons. The Labute approximate surface area is 176 Å². The van der Waals surface area contributed by atoms with Crippen molar-refractivity contribution in [1.29, 1.82) is 0 Å². The molecule has 156 valence electrons. The Morgan fingerprint density at radius 1 is 1.14 bits per heavy atom. The molecule has 2 aliphatic heterocycles. The van der Waals surface area contributed by atoms with Crippen LogP contribution in [0.1, 0.15) is 51.2 Å². The molecule has 0 saturated carbocycles. The average Bonchev–Trinajstić information content (AvgIpc) is 3.24. The third-order valence-corrected chi connectivity index (χ3v) is 6.09. The second kappa shape index (κ2) is 9.60. The lowest BCUT2D eigenvalue weighted by Crippen LogP contribution is -2.43. The molecule has 0 atom stereocenters. The van der Waals surface area contributed by atoms with Gasteiger partial charge in [0.2, 0.25) is 0 Å². The van der Waals surface area contributed by atoms with E-state index in [0.29, 0.717) is 19.1 Å². The van der Waals surface area contributed by atoms with Gasteiger partial charge in [0.05, 0.1) is 13.2 Å². The van der Waals surface area contributed by atoms with Crippen molar-refractivity contribution in [3.8, 4) is 0 Å². The summed E-state index contributed by atoms with van der Waals surface area (Å²) in [6, 6.07) is 8.58. The standard InChI is InChI=1S/C26H35NO2/c1-6-8-20(3)19-21(4)23-9-11-24(12-10-23)26(28-17-18-29-26)25-13-15-27(16-14-25)22(5)7-2/h6,8-12,19,25H,4-5,7,13-18H2,1-3H3/b8-6-,20-19+. The van der Waals surface area contributed by atoms with E-state index in [1.54, 1.807) is 0 Å². The minimum Gasteiger partial charge on any atom is -0.375 e. The van der Waals surface area contributed by atoms with Crippen LogP contribution in [0.5, 0.6) is 0 Å². The molecule has 0 bridgehead atoms. The van der Waals surface area contributed by atoms with Crippen LogP contribution < -0.4 is 0 Å². The SMILES string of the molecule is C=C(/C=C(C)/C=C\C)c1ccc(C2(C3CCN(C(=C)CC)CC3)OCCO2)cc1. The van der Waals surface area contributed by atoms with Crippen LogP contribution in [-0.4, -0.2) is 31.2 Å². The van der Waals surface area contributed by atoms with E-state index in [9.17, 15) is 0 Å². The van der Waals surface area contributed by atoms with Gasteiger partial charge in [-0.25, -0.2) is 0 Å². The zero-order valence-electron chi connectivity index (χ0n) is 18.2. The molecule has 1 aromatic rings. The fraction of sp³-hybridized carbons (Fsp3) is 0.462. The first-order chi connectivity index (χ1) is 14.0. The van der Waals surface area contributed by atoms with E-state index < -0.39 is 5.79 Å². The minimum atomic E-state index is -0.615. The number of ether oxygens (including phenoxy) is 2. The zero-order chi connectivity index (χ0) is 20.9. The maximum absolute atomic E-state index is 6.28. The van der Waals surface area contributed by atoms with Crippen molar-refractivity contribution in [2.24, 2.45) is 5.92 Å². The van der Waals surface area contributed by atoms with Gasteiger partial charge in [-0.1, -0.05) is 68.1 Å². The Morgan fingerprint density at radius 2 is 1.76 bits per heavy atom. The van der Waals surface area contributed by atoms with Crippen molar-refractivity contribution in [2.75, 3.05) is 26.3 Å². The zero-order valence-corrected chi connectivity index (χ0v) is 18.2. The summed E-state index contributed by atoms with van der Waals surface area (Å²) in [5.74, 6) is -0.257. The molecular formula is C26H35NO2. The van der Waals surface area contributed by atoms with E-state index in [2.05, 4.69) is 68.3 Å². The lowest BCUT2D eigenvalue weighted by molar-refractivity contribution is -0.213. The van der Waals surface area contributed by atoms with Gasteiger partial charge >= 0.3 is 0 Å². The normalized spacial score (nSPS) is 20.4. The molecule has 0 aromatic heterocycles. The molecule has 2 fully saturated rings. The Balaban J connectivity index is 1.77. The number of hydrogen-bond donors (Lipinski definition) is 0. The van der Waals surface area contributed by atoms with Crippen molar-refractivity contribution >= 4 is 5.57 Å². The molecule has 1 aromatic carbocycles. The van der Waals surface area contributed by atoms with E-state index in [1.165, 1.54) is 11.3 Å². The van der Waals surface area contributed by atoms with Crippen molar-refractivity contribution < 1.29 is 9.47 Å². The summed E-state index contributed by atoms with van der Waals surface area (Å²) in [5.41, 5.74) is 5.69. The number of piperidine rings is 1. The average molecular weight is 394 g/mol. The van der Waals surface area contributed by atoms with Gasteiger partial charge in [-0.15, -0.1) is 0 Å². The predicted octanol–water partition coefficient (Wildman–Crippen LogP) is 6.06. The quantitative estimate of drug-likeness (QED) is 0.526. The second-order valence-electron chi connectivity index (χ2n) is 8.04. The minimum absolute atomic E-state index is 0.358. The predicted molar refractivity (Wildman–Crippen MR) is 121 cm³/mol. The van der Waals surface area contributed by atoms with Gasteiger partial charge in [0.15, 0.2) is 5.79 Å². The highest BCUT2D eigenvalue weighted by Gasteiger charge is 2.46. The number of rotatable bonds is 7. The highest BCUT2D eigenvalue weighted by molar-refractivity contribution is 5.73. The van der Waals surface area contributed by atoms with Crippen LogP contribution in [0.2, 0.25) is 0 Å². The smallest absolute Gasteiger partial charge is 0.197 e. The van der Waals surface area contributed by atoms with Crippen LogP contribution in [0.25, 0.3) is 5.57 Å². The van der Waals surface area contributed by atoms with E-state index >= 15 is 0 Å². The van der Waals surface area contributed by atoms with Gasteiger partial charge in [0, 0.05) is 30.3 Å².